The molecule has 5 nitrogen and oxygen atoms in total. The molecule has 1 aromatic rings. The van der Waals surface area contributed by atoms with Crippen molar-refractivity contribution in [2.24, 2.45) is 17.8 Å². The van der Waals surface area contributed by atoms with Gasteiger partial charge in [-0.25, -0.2) is 0 Å². The van der Waals surface area contributed by atoms with E-state index in [1.807, 2.05) is 4.90 Å². The van der Waals surface area contributed by atoms with Gasteiger partial charge in [0.1, 0.15) is 0 Å². The van der Waals surface area contributed by atoms with Crippen molar-refractivity contribution in [1.82, 2.24) is 4.90 Å². The third-order valence-corrected chi connectivity index (χ3v) is 6.10. The predicted molar refractivity (Wildman–Crippen MR) is 108 cm³/mol. The average molecular weight is 388 g/mol. The Morgan fingerprint density at radius 3 is 2.36 bits per heavy atom. The van der Waals surface area contributed by atoms with Crippen LogP contribution in [-0.2, 0) is 27.2 Å². The number of piperidine rings is 1. The smallest absolute Gasteiger partial charge is 0.309 e. The van der Waals surface area contributed by atoms with E-state index in [0.29, 0.717) is 38.5 Å². The van der Waals surface area contributed by atoms with Crippen LogP contribution < -0.4 is 0 Å². The number of carbonyl (C=O) groups is 2. The highest BCUT2D eigenvalue weighted by molar-refractivity contribution is 5.76. The Balaban J connectivity index is 1.43. The fourth-order valence-corrected chi connectivity index (χ4v) is 4.54. The average Bonchev–Trinajstić information content (AvgIpc) is 3.17. The summed E-state index contributed by atoms with van der Waals surface area (Å²) in [5.74, 6) is -0.0323. The van der Waals surface area contributed by atoms with Crippen LogP contribution in [0, 0.1) is 17.8 Å². The Morgan fingerprint density at radius 1 is 1.11 bits per heavy atom. The molecule has 0 bridgehead atoms. The van der Waals surface area contributed by atoms with Crippen LogP contribution in [0.5, 0.6) is 0 Å². The zero-order chi connectivity index (χ0) is 20.1. The molecule has 2 heterocycles. The number of carboxylic acids is 1. The first-order valence-corrected chi connectivity index (χ1v) is 10.6. The molecule has 2 fully saturated rings. The summed E-state index contributed by atoms with van der Waals surface area (Å²) in [5.41, 5.74) is 2.56. The molecule has 0 spiro atoms. The molecule has 2 saturated heterocycles. The monoisotopic (exact) mass is 387 g/mol. The Labute approximate surface area is 168 Å². The van der Waals surface area contributed by atoms with E-state index < -0.39 is 5.97 Å². The molecule has 1 unspecified atom stereocenters. The van der Waals surface area contributed by atoms with Gasteiger partial charge >= 0.3 is 5.97 Å². The molecule has 1 aromatic carbocycles. The number of hydrogen-bond acceptors (Lipinski definition) is 3. The largest absolute Gasteiger partial charge is 0.481 e. The SMILES string of the molecule is CC(C)Cc1ccc(CCC(=O)N2CCC([C@@H]3OCCC3C(=O)O)CC2)cc1. The van der Waals surface area contributed by atoms with Crippen molar-refractivity contribution >= 4 is 11.9 Å². The van der Waals surface area contributed by atoms with Gasteiger partial charge in [-0.2, -0.15) is 0 Å². The topological polar surface area (TPSA) is 66.8 Å². The molecule has 1 amide bonds. The number of aryl methyl sites for hydroxylation is 1. The Morgan fingerprint density at radius 2 is 1.75 bits per heavy atom. The number of carboxylic acid groups (broad SMARTS) is 1. The minimum Gasteiger partial charge on any atom is -0.481 e. The summed E-state index contributed by atoms with van der Waals surface area (Å²) in [4.78, 5) is 25.9. The molecule has 5 heteroatoms. The van der Waals surface area contributed by atoms with Crippen LogP contribution in [-0.4, -0.2) is 47.7 Å². The standard InChI is InChI=1S/C23H33NO4/c1-16(2)15-18-5-3-17(4-6-18)7-8-21(25)24-12-9-19(10-13-24)22-20(23(26)27)11-14-28-22/h3-6,16,19-20,22H,7-15H2,1-2H3,(H,26,27)/t20?,22-/m0/s1. The number of rotatable bonds is 7. The van der Waals surface area contributed by atoms with E-state index in [1.165, 1.54) is 11.1 Å². The van der Waals surface area contributed by atoms with Crippen molar-refractivity contribution in [3.8, 4) is 0 Å². The van der Waals surface area contributed by atoms with Gasteiger partial charge in [-0.3, -0.25) is 9.59 Å². The summed E-state index contributed by atoms with van der Waals surface area (Å²) in [7, 11) is 0. The van der Waals surface area contributed by atoms with Crippen molar-refractivity contribution in [1.29, 1.82) is 0 Å². The highest BCUT2D eigenvalue weighted by Gasteiger charge is 2.40. The van der Waals surface area contributed by atoms with Gasteiger partial charge in [0.15, 0.2) is 0 Å². The van der Waals surface area contributed by atoms with E-state index in [9.17, 15) is 14.7 Å². The van der Waals surface area contributed by atoms with Crippen LogP contribution in [0.3, 0.4) is 0 Å². The van der Waals surface area contributed by atoms with Gasteiger partial charge < -0.3 is 14.7 Å². The normalized spacial score (nSPS) is 23.3. The van der Waals surface area contributed by atoms with Crippen LogP contribution in [0.25, 0.3) is 0 Å². The molecule has 154 valence electrons. The van der Waals surface area contributed by atoms with Gasteiger partial charge in [-0.15, -0.1) is 0 Å². The van der Waals surface area contributed by atoms with E-state index in [4.69, 9.17) is 4.74 Å². The summed E-state index contributed by atoms with van der Waals surface area (Å²) < 4.78 is 5.72. The van der Waals surface area contributed by atoms with Crippen molar-refractivity contribution in [2.75, 3.05) is 19.7 Å². The first kappa shape index (κ1) is 20.8. The van der Waals surface area contributed by atoms with E-state index in [0.717, 1.165) is 25.7 Å². The van der Waals surface area contributed by atoms with Crippen LogP contribution >= 0.6 is 0 Å². The molecular weight excluding hydrogens is 354 g/mol. The van der Waals surface area contributed by atoms with Gasteiger partial charge in [0.05, 0.1) is 12.0 Å². The second kappa shape index (κ2) is 9.55. The van der Waals surface area contributed by atoms with E-state index in [1.54, 1.807) is 0 Å². The molecule has 2 atom stereocenters. The summed E-state index contributed by atoms with van der Waals surface area (Å²) in [6.45, 7) is 6.40. The minimum atomic E-state index is -0.750. The Bertz CT molecular complexity index is 662. The zero-order valence-electron chi connectivity index (χ0n) is 17.1. The van der Waals surface area contributed by atoms with Gasteiger partial charge in [-0.05, 0) is 55.1 Å². The molecule has 0 aliphatic carbocycles. The fraction of sp³-hybridized carbons (Fsp3) is 0.652. The fourth-order valence-electron chi connectivity index (χ4n) is 4.54. The Kier molecular flexibility index (Phi) is 7.11. The molecule has 2 aliphatic rings. The van der Waals surface area contributed by atoms with Gasteiger partial charge in [-0.1, -0.05) is 38.1 Å². The third kappa shape index (κ3) is 5.34. The van der Waals surface area contributed by atoms with Crippen LogP contribution in [0.4, 0.5) is 0 Å². The van der Waals surface area contributed by atoms with Crippen LogP contribution in [0.1, 0.15) is 50.7 Å². The maximum Gasteiger partial charge on any atom is 0.309 e. The van der Waals surface area contributed by atoms with Gasteiger partial charge in [0.2, 0.25) is 5.91 Å². The highest BCUT2D eigenvalue weighted by Crippen LogP contribution is 2.33. The lowest BCUT2D eigenvalue weighted by molar-refractivity contribution is -0.146. The lowest BCUT2D eigenvalue weighted by Crippen LogP contribution is -2.43. The van der Waals surface area contributed by atoms with Gasteiger partial charge in [0, 0.05) is 26.1 Å². The number of amides is 1. The lowest BCUT2D eigenvalue weighted by Gasteiger charge is -2.35. The van der Waals surface area contributed by atoms with Crippen molar-refractivity contribution in [3.05, 3.63) is 35.4 Å². The first-order valence-electron chi connectivity index (χ1n) is 10.6. The number of carbonyl (C=O) groups excluding carboxylic acids is 1. The Hall–Kier alpha value is -1.88. The van der Waals surface area contributed by atoms with Crippen LogP contribution in [0.2, 0.25) is 0 Å². The number of hydrogen-bond donors (Lipinski definition) is 1. The summed E-state index contributed by atoms with van der Waals surface area (Å²) in [5, 5.41) is 9.35. The zero-order valence-corrected chi connectivity index (χ0v) is 17.1. The number of benzene rings is 1. The second-order valence-corrected chi connectivity index (χ2v) is 8.70. The van der Waals surface area contributed by atoms with E-state index in [-0.39, 0.29) is 23.8 Å². The first-order chi connectivity index (χ1) is 13.4. The van der Waals surface area contributed by atoms with Crippen molar-refractivity contribution < 1.29 is 19.4 Å². The van der Waals surface area contributed by atoms with E-state index >= 15 is 0 Å². The molecule has 1 N–H and O–H groups in total. The molecule has 0 saturated carbocycles. The van der Waals surface area contributed by atoms with Crippen molar-refractivity contribution in [3.63, 3.8) is 0 Å². The minimum absolute atomic E-state index is 0.181. The predicted octanol–water partition coefficient (Wildman–Crippen LogP) is 3.55. The molecule has 0 radical (unpaired) electrons. The van der Waals surface area contributed by atoms with E-state index in [2.05, 4.69) is 38.1 Å². The van der Waals surface area contributed by atoms with Gasteiger partial charge in [0.25, 0.3) is 0 Å². The lowest BCUT2D eigenvalue weighted by atomic mass is 9.84. The second-order valence-electron chi connectivity index (χ2n) is 8.70. The molecule has 2 aliphatic heterocycles. The third-order valence-electron chi connectivity index (χ3n) is 6.10. The van der Waals surface area contributed by atoms with Crippen LogP contribution in [0.15, 0.2) is 24.3 Å². The maximum absolute atomic E-state index is 12.6. The summed E-state index contributed by atoms with van der Waals surface area (Å²) in [6.07, 6.45) is 4.49. The molecule has 3 rings (SSSR count). The van der Waals surface area contributed by atoms with Crippen molar-refractivity contribution in [2.45, 2.75) is 58.5 Å². The number of ether oxygens (including phenoxy) is 1. The summed E-state index contributed by atoms with van der Waals surface area (Å²) in [6, 6.07) is 8.62. The molecular formula is C23H33NO4. The quantitative estimate of drug-likeness (QED) is 0.777. The maximum atomic E-state index is 12.6. The number of nitrogens with zero attached hydrogens (tertiary/aromatic N) is 1. The highest BCUT2D eigenvalue weighted by atomic mass is 16.5. The number of likely N-dealkylation sites (tertiary alicyclic amines) is 1. The molecule has 0 aromatic heterocycles. The summed E-state index contributed by atoms with van der Waals surface area (Å²) >= 11 is 0. The molecule has 28 heavy (non-hydrogen) atoms. The number of aliphatic carboxylic acids is 1.